The average Bonchev–Trinajstić information content (AvgIpc) is 3.54. The summed E-state index contributed by atoms with van der Waals surface area (Å²) in [6.07, 6.45) is 4.06. The molecule has 4 heterocycles. The number of rotatable bonds is 13. The molecule has 4 N–H and O–H groups in total. The molecule has 4 aromatic rings. The fraction of sp³-hybridized carbons (Fsp3) is 0.474. The van der Waals surface area contributed by atoms with E-state index in [1.54, 1.807) is 0 Å². The van der Waals surface area contributed by atoms with Gasteiger partial charge in [0, 0.05) is 93.0 Å². The van der Waals surface area contributed by atoms with Gasteiger partial charge in [-0.25, -0.2) is 9.67 Å². The molecule has 2 aromatic carbocycles. The molecule has 2 aliphatic heterocycles. The average molecular weight is 701 g/mol. The maximum absolute atomic E-state index is 13.1. The third-order valence-electron chi connectivity index (χ3n) is 9.58. The van der Waals surface area contributed by atoms with Crippen molar-refractivity contribution in [2.24, 2.45) is 0 Å². The minimum atomic E-state index is -0.349. The number of nitrogens with one attached hydrogen (secondary N) is 4. The molecule has 1 atom stereocenters. The summed E-state index contributed by atoms with van der Waals surface area (Å²) >= 11 is 6.66. The van der Waals surface area contributed by atoms with E-state index in [1.807, 2.05) is 36.0 Å². The highest BCUT2D eigenvalue weighted by atomic mass is 35.5. The summed E-state index contributed by atoms with van der Waals surface area (Å²) in [5, 5.41) is 19.3. The van der Waals surface area contributed by atoms with E-state index >= 15 is 0 Å². The lowest BCUT2D eigenvalue weighted by atomic mass is 10.0. The Labute approximate surface area is 299 Å². The second-order valence-corrected chi connectivity index (χ2v) is 13.7. The Balaban J connectivity index is 1.07. The lowest BCUT2D eigenvalue weighted by Gasteiger charge is -2.31. The number of ether oxygens (including phenoxy) is 1. The van der Waals surface area contributed by atoms with E-state index in [1.165, 1.54) is 5.56 Å². The quantitative estimate of drug-likeness (QED) is 0.143. The third kappa shape index (κ3) is 8.81. The van der Waals surface area contributed by atoms with Crippen molar-refractivity contribution in [1.29, 1.82) is 0 Å². The summed E-state index contributed by atoms with van der Waals surface area (Å²) in [6, 6.07) is 15.0. The number of carbonyl (C=O) groups excluding carboxylic acids is 2. The highest BCUT2D eigenvalue weighted by molar-refractivity contribution is 6.33. The number of amides is 2. The largest absolute Gasteiger partial charge is 0.381 e. The molecular formula is C38H49ClN8O3. The molecule has 2 amide bonds. The monoisotopic (exact) mass is 700 g/mol. The van der Waals surface area contributed by atoms with Gasteiger partial charge in [-0.1, -0.05) is 42.8 Å². The number of pyridine rings is 1. The Morgan fingerprint density at radius 2 is 1.84 bits per heavy atom. The van der Waals surface area contributed by atoms with E-state index in [0.29, 0.717) is 37.2 Å². The fourth-order valence-electron chi connectivity index (χ4n) is 6.91. The van der Waals surface area contributed by atoms with Gasteiger partial charge in [0.15, 0.2) is 5.65 Å². The van der Waals surface area contributed by atoms with Crippen LogP contribution in [0.4, 0.5) is 5.69 Å². The van der Waals surface area contributed by atoms with Gasteiger partial charge in [-0.15, -0.1) is 0 Å². The number of hydrogen-bond acceptors (Lipinski definition) is 8. The molecule has 2 fully saturated rings. The molecule has 0 saturated carbocycles. The van der Waals surface area contributed by atoms with Crippen LogP contribution in [-0.2, 0) is 46.9 Å². The zero-order chi connectivity index (χ0) is 35.0. The number of halogens is 1. The summed E-state index contributed by atoms with van der Waals surface area (Å²) in [5.74, 6) is -0.696. The van der Waals surface area contributed by atoms with Gasteiger partial charge >= 0.3 is 0 Å². The summed E-state index contributed by atoms with van der Waals surface area (Å²) in [4.78, 5) is 33.4. The lowest BCUT2D eigenvalue weighted by molar-refractivity contribution is -0.129. The fourth-order valence-corrected chi connectivity index (χ4v) is 7.14. The summed E-state index contributed by atoms with van der Waals surface area (Å²) in [6.45, 7) is 12.9. The van der Waals surface area contributed by atoms with Gasteiger partial charge < -0.3 is 26.0 Å². The first-order valence-electron chi connectivity index (χ1n) is 17.9. The van der Waals surface area contributed by atoms with Crippen LogP contribution in [0.3, 0.4) is 0 Å². The molecule has 6 rings (SSSR count). The minimum Gasteiger partial charge on any atom is -0.381 e. The second-order valence-electron chi connectivity index (χ2n) is 13.3. The van der Waals surface area contributed by atoms with Crippen molar-refractivity contribution in [2.45, 2.75) is 84.7 Å². The van der Waals surface area contributed by atoms with E-state index < -0.39 is 0 Å². The highest BCUT2D eigenvalue weighted by Crippen LogP contribution is 2.32. The molecular weight excluding hydrogens is 652 g/mol. The molecule has 2 saturated heterocycles. The second kappa shape index (κ2) is 16.8. The van der Waals surface area contributed by atoms with Crippen molar-refractivity contribution < 1.29 is 14.3 Å². The van der Waals surface area contributed by atoms with Crippen LogP contribution in [0.1, 0.15) is 62.4 Å². The van der Waals surface area contributed by atoms with Crippen LogP contribution in [0.5, 0.6) is 0 Å². The number of anilines is 1. The smallest absolute Gasteiger partial charge is 0.229 e. The van der Waals surface area contributed by atoms with Crippen LogP contribution < -0.4 is 21.3 Å². The Morgan fingerprint density at radius 1 is 1.04 bits per heavy atom. The van der Waals surface area contributed by atoms with Crippen LogP contribution in [0.2, 0.25) is 5.02 Å². The predicted molar refractivity (Wildman–Crippen MR) is 198 cm³/mol. The van der Waals surface area contributed by atoms with Crippen LogP contribution in [-0.4, -0.2) is 76.4 Å². The van der Waals surface area contributed by atoms with Crippen molar-refractivity contribution in [3.63, 3.8) is 0 Å². The minimum absolute atomic E-state index is 0.253. The standard InChI is InChI=1S/C38H49ClN8O3/c1-4-34-31(37(44-29-11-15-50-16-12-29)32-22-43-47(5-2)38(32)45-34)21-42-36(49)19-35(48)41-20-26-9-10-33(39)30(18-26)28-8-6-7-27(17-28)24-46-14-13-40-25(3)23-46/h6-10,17-18,22,25,29,40H,4-5,11-16,19-21,23-24H2,1-3H3,(H,41,48)(H,42,49)(H,44,45)/t25-/m0/s1. The molecule has 2 aromatic heterocycles. The normalized spacial score (nSPS) is 17.2. The zero-order valence-corrected chi connectivity index (χ0v) is 30.1. The number of nitrogens with zero attached hydrogens (tertiary/aromatic N) is 4. The maximum atomic E-state index is 13.1. The number of piperazine rings is 1. The number of hydrogen-bond donors (Lipinski definition) is 4. The Hall–Kier alpha value is -4.03. The van der Waals surface area contributed by atoms with Gasteiger partial charge in [0.05, 0.1) is 17.3 Å². The molecule has 2 aliphatic rings. The van der Waals surface area contributed by atoms with Gasteiger partial charge in [0.1, 0.15) is 6.42 Å². The van der Waals surface area contributed by atoms with Crippen molar-refractivity contribution in [2.75, 3.05) is 38.2 Å². The first kappa shape index (κ1) is 35.8. The molecule has 0 spiro atoms. The number of aryl methyl sites for hydroxylation is 2. The van der Waals surface area contributed by atoms with Gasteiger partial charge in [-0.2, -0.15) is 5.10 Å². The van der Waals surface area contributed by atoms with Crippen molar-refractivity contribution in [3.8, 4) is 11.1 Å². The van der Waals surface area contributed by atoms with E-state index in [4.69, 9.17) is 21.3 Å². The first-order chi connectivity index (χ1) is 24.3. The molecule has 50 heavy (non-hydrogen) atoms. The predicted octanol–water partition coefficient (Wildman–Crippen LogP) is 5.04. The zero-order valence-electron chi connectivity index (χ0n) is 29.4. The Bertz CT molecular complexity index is 1800. The van der Waals surface area contributed by atoms with Crippen LogP contribution in [0.15, 0.2) is 48.7 Å². The summed E-state index contributed by atoms with van der Waals surface area (Å²) in [5.41, 5.74) is 7.70. The van der Waals surface area contributed by atoms with Gasteiger partial charge in [0.25, 0.3) is 0 Å². The maximum Gasteiger partial charge on any atom is 0.229 e. The lowest BCUT2D eigenvalue weighted by Crippen LogP contribution is -2.48. The van der Waals surface area contributed by atoms with E-state index in [2.05, 4.69) is 69.4 Å². The third-order valence-corrected chi connectivity index (χ3v) is 9.91. The van der Waals surface area contributed by atoms with E-state index in [-0.39, 0.29) is 37.4 Å². The van der Waals surface area contributed by atoms with E-state index in [9.17, 15) is 9.59 Å². The molecule has 0 bridgehead atoms. The first-order valence-corrected chi connectivity index (χ1v) is 18.3. The van der Waals surface area contributed by atoms with Crippen molar-refractivity contribution in [3.05, 3.63) is 76.1 Å². The number of fused-ring (bicyclic) bond motifs is 1. The number of benzene rings is 2. The van der Waals surface area contributed by atoms with Gasteiger partial charge in [-0.05, 0) is 68.0 Å². The summed E-state index contributed by atoms with van der Waals surface area (Å²) in [7, 11) is 0. The molecule has 266 valence electrons. The number of carbonyl (C=O) groups is 2. The topological polar surface area (TPSA) is 125 Å². The molecule has 0 unspecified atom stereocenters. The molecule has 0 aliphatic carbocycles. The van der Waals surface area contributed by atoms with Crippen LogP contribution in [0.25, 0.3) is 22.2 Å². The van der Waals surface area contributed by atoms with E-state index in [0.717, 1.165) is 83.7 Å². The van der Waals surface area contributed by atoms with Crippen LogP contribution in [0, 0.1) is 0 Å². The van der Waals surface area contributed by atoms with Crippen LogP contribution >= 0.6 is 11.6 Å². The summed E-state index contributed by atoms with van der Waals surface area (Å²) < 4.78 is 7.47. The number of aromatic nitrogens is 3. The van der Waals surface area contributed by atoms with Crippen molar-refractivity contribution in [1.82, 2.24) is 35.6 Å². The molecule has 0 radical (unpaired) electrons. The Kier molecular flexibility index (Phi) is 12.0. The van der Waals surface area contributed by atoms with Crippen molar-refractivity contribution >= 4 is 40.1 Å². The van der Waals surface area contributed by atoms with Gasteiger partial charge in [-0.3, -0.25) is 14.5 Å². The molecule has 12 heteroatoms. The van der Waals surface area contributed by atoms with Gasteiger partial charge in [0.2, 0.25) is 11.8 Å². The highest BCUT2D eigenvalue weighted by Gasteiger charge is 2.22. The SMILES string of the molecule is CCc1nc2c(cnn2CC)c(NC2CCOCC2)c1CNC(=O)CC(=O)NCc1ccc(Cl)c(-c2cccc(CN3CCN[C@@H](C)C3)c2)c1. The Morgan fingerprint density at radius 3 is 2.60 bits per heavy atom. The molecule has 11 nitrogen and oxygen atoms in total.